The van der Waals surface area contributed by atoms with Crippen LogP contribution in [0.5, 0.6) is 17.2 Å². The number of ether oxygens (including phenoxy) is 3. The lowest BCUT2D eigenvalue weighted by atomic mass is 10.1. The second kappa shape index (κ2) is 12.0. The first-order valence-electron chi connectivity index (χ1n) is 10.6. The molecule has 1 amide bonds. The van der Waals surface area contributed by atoms with Crippen LogP contribution < -0.4 is 19.6 Å². The number of amides is 1. The smallest absolute Gasteiger partial charge is 0.343 e. The molecule has 0 radical (unpaired) electrons. The molecule has 176 valence electrons. The fourth-order valence-corrected chi connectivity index (χ4v) is 3.20. The van der Waals surface area contributed by atoms with Crippen LogP contribution in [0.15, 0.2) is 70.2 Å². The molecule has 0 heterocycles. The minimum Gasteiger partial charge on any atom is -0.490 e. The zero-order valence-corrected chi connectivity index (χ0v) is 20.7. The Hall–Kier alpha value is -3.65. The minimum absolute atomic E-state index is 0.156. The molecule has 0 aliphatic heterocycles. The highest BCUT2D eigenvalue weighted by molar-refractivity contribution is 9.10. The standard InChI is InChI=1S/C26H25BrN2O5/c1-4-32-24-14-19(8-13-23(24)34-26(31)20-9-11-21(27)12-10-20)15-28-29-25(30)16-33-22-7-5-6-17(2)18(22)3/h5-15H,4,16H2,1-3H3,(H,29,30)/b28-15-. The van der Waals surface area contributed by atoms with Gasteiger partial charge in [0.05, 0.1) is 18.4 Å². The van der Waals surface area contributed by atoms with Crippen molar-refractivity contribution < 1.29 is 23.8 Å². The van der Waals surface area contributed by atoms with E-state index < -0.39 is 5.97 Å². The summed E-state index contributed by atoms with van der Waals surface area (Å²) in [5.74, 6) is 0.460. The summed E-state index contributed by atoms with van der Waals surface area (Å²) >= 11 is 3.34. The monoisotopic (exact) mass is 524 g/mol. The molecule has 0 bridgehead atoms. The molecule has 0 saturated carbocycles. The highest BCUT2D eigenvalue weighted by Gasteiger charge is 2.13. The van der Waals surface area contributed by atoms with E-state index in [1.54, 1.807) is 42.5 Å². The number of nitrogens with one attached hydrogen (secondary N) is 1. The molecule has 0 aromatic heterocycles. The van der Waals surface area contributed by atoms with E-state index in [1.807, 2.05) is 39.0 Å². The second-order valence-corrected chi connectivity index (χ2v) is 8.23. The summed E-state index contributed by atoms with van der Waals surface area (Å²) < 4.78 is 17.6. The van der Waals surface area contributed by atoms with Gasteiger partial charge in [-0.15, -0.1) is 0 Å². The molecule has 3 rings (SSSR count). The molecule has 3 aromatic rings. The van der Waals surface area contributed by atoms with Crippen molar-refractivity contribution in [2.75, 3.05) is 13.2 Å². The maximum absolute atomic E-state index is 12.4. The lowest BCUT2D eigenvalue weighted by Gasteiger charge is -2.11. The van der Waals surface area contributed by atoms with Gasteiger partial charge in [0.2, 0.25) is 0 Å². The zero-order chi connectivity index (χ0) is 24.5. The van der Waals surface area contributed by atoms with Gasteiger partial charge in [0.25, 0.3) is 5.91 Å². The van der Waals surface area contributed by atoms with Gasteiger partial charge < -0.3 is 14.2 Å². The van der Waals surface area contributed by atoms with Crippen LogP contribution in [0.3, 0.4) is 0 Å². The van der Waals surface area contributed by atoms with E-state index in [-0.39, 0.29) is 18.3 Å². The van der Waals surface area contributed by atoms with E-state index >= 15 is 0 Å². The first-order valence-corrected chi connectivity index (χ1v) is 11.4. The van der Waals surface area contributed by atoms with Crippen molar-refractivity contribution in [3.8, 4) is 17.2 Å². The number of nitrogens with zero attached hydrogens (tertiary/aromatic N) is 1. The molecule has 0 aliphatic rings. The molecule has 34 heavy (non-hydrogen) atoms. The van der Waals surface area contributed by atoms with Gasteiger partial charge in [-0.2, -0.15) is 5.10 Å². The number of carbonyl (C=O) groups excluding carboxylic acids is 2. The summed E-state index contributed by atoms with van der Waals surface area (Å²) in [6.07, 6.45) is 1.47. The maximum Gasteiger partial charge on any atom is 0.343 e. The fourth-order valence-electron chi connectivity index (χ4n) is 2.94. The number of aryl methyl sites for hydroxylation is 1. The summed E-state index contributed by atoms with van der Waals surface area (Å²) in [5, 5.41) is 3.97. The number of esters is 1. The molecule has 0 saturated heterocycles. The van der Waals surface area contributed by atoms with Crippen LogP contribution in [-0.2, 0) is 4.79 Å². The van der Waals surface area contributed by atoms with E-state index in [4.69, 9.17) is 14.2 Å². The lowest BCUT2D eigenvalue weighted by molar-refractivity contribution is -0.123. The van der Waals surface area contributed by atoms with Crippen molar-refractivity contribution >= 4 is 34.0 Å². The van der Waals surface area contributed by atoms with Gasteiger partial charge in [-0.3, -0.25) is 4.79 Å². The largest absolute Gasteiger partial charge is 0.490 e. The van der Waals surface area contributed by atoms with Crippen molar-refractivity contribution in [3.05, 3.63) is 87.4 Å². The Morgan fingerprint density at radius 3 is 2.47 bits per heavy atom. The van der Waals surface area contributed by atoms with Crippen LogP contribution in [0.2, 0.25) is 0 Å². The van der Waals surface area contributed by atoms with Crippen LogP contribution in [0.4, 0.5) is 0 Å². The predicted molar refractivity (Wildman–Crippen MR) is 134 cm³/mol. The maximum atomic E-state index is 12.4. The number of rotatable bonds is 9. The summed E-state index contributed by atoms with van der Waals surface area (Å²) in [6.45, 7) is 5.98. The SMILES string of the molecule is CCOc1cc(/C=N\NC(=O)COc2cccc(C)c2C)ccc1OC(=O)c1ccc(Br)cc1. The molecule has 0 aliphatic carbocycles. The summed E-state index contributed by atoms with van der Waals surface area (Å²) in [6, 6.07) is 17.5. The van der Waals surface area contributed by atoms with Crippen LogP contribution in [0.1, 0.15) is 34.0 Å². The van der Waals surface area contributed by atoms with Gasteiger partial charge in [-0.25, -0.2) is 10.2 Å². The van der Waals surface area contributed by atoms with Gasteiger partial charge in [-0.1, -0.05) is 28.1 Å². The molecule has 8 heteroatoms. The van der Waals surface area contributed by atoms with Crippen LogP contribution in [-0.4, -0.2) is 31.3 Å². The Labute approximate surface area is 206 Å². The molecule has 1 N–H and O–H groups in total. The number of halogens is 1. The van der Waals surface area contributed by atoms with E-state index in [9.17, 15) is 9.59 Å². The topological polar surface area (TPSA) is 86.2 Å². The predicted octanol–water partition coefficient (Wildman–Crippen LogP) is 5.21. The van der Waals surface area contributed by atoms with E-state index in [0.717, 1.165) is 15.6 Å². The van der Waals surface area contributed by atoms with Gasteiger partial charge in [0, 0.05) is 4.47 Å². The summed E-state index contributed by atoms with van der Waals surface area (Å²) in [7, 11) is 0. The highest BCUT2D eigenvalue weighted by atomic mass is 79.9. The normalized spacial score (nSPS) is 10.7. The van der Waals surface area contributed by atoms with Crippen LogP contribution in [0.25, 0.3) is 0 Å². The minimum atomic E-state index is -0.494. The number of carbonyl (C=O) groups is 2. The Bertz CT molecular complexity index is 1190. The summed E-state index contributed by atoms with van der Waals surface area (Å²) in [4.78, 5) is 24.5. The number of hydrogen-bond donors (Lipinski definition) is 1. The van der Waals surface area contributed by atoms with Crippen molar-refractivity contribution in [3.63, 3.8) is 0 Å². The van der Waals surface area contributed by atoms with E-state index in [1.165, 1.54) is 6.21 Å². The van der Waals surface area contributed by atoms with Crippen molar-refractivity contribution in [2.45, 2.75) is 20.8 Å². The number of benzene rings is 3. The third-order valence-electron chi connectivity index (χ3n) is 4.87. The Morgan fingerprint density at radius 2 is 1.74 bits per heavy atom. The van der Waals surface area contributed by atoms with Crippen LogP contribution in [0, 0.1) is 13.8 Å². The molecule has 3 aromatic carbocycles. The summed E-state index contributed by atoms with van der Waals surface area (Å²) in [5.41, 5.74) is 5.59. The average Bonchev–Trinajstić information content (AvgIpc) is 2.82. The van der Waals surface area contributed by atoms with Crippen molar-refractivity contribution in [2.24, 2.45) is 5.10 Å². The highest BCUT2D eigenvalue weighted by Crippen LogP contribution is 2.29. The molecule has 0 fully saturated rings. The molecule has 0 spiro atoms. The third-order valence-corrected chi connectivity index (χ3v) is 5.40. The van der Waals surface area contributed by atoms with Crippen molar-refractivity contribution in [1.82, 2.24) is 5.43 Å². The number of hydrogen-bond acceptors (Lipinski definition) is 6. The Morgan fingerprint density at radius 1 is 0.971 bits per heavy atom. The molecule has 0 unspecified atom stereocenters. The van der Waals surface area contributed by atoms with Crippen LogP contribution >= 0.6 is 15.9 Å². The zero-order valence-electron chi connectivity index (χ0n) is 19.1. The second-order valence-electron chi connectivity index (χ2n) is 7.32. The Kier molecular flexibility index (Phi) is 8.81. The first-order chi connectivity index (χ1) is 16.4. The lowest BCUT2D eigenvalue weighted by Crippen LogP contribution is -2.24. The first kappa shape index (κ1) is 25.0. The van der Waals surface area contributed by atoms with Gasteiger partial charge >= 0.3 is 5.97 Å². The van der Waals surface area contributed by atoms with Gasteiger partial charge in [-0.05, 0) is 86.0 Å². The van der Waals surface area contributed by atoms with Gasteiger partial charge in [0.15, 0.2) is 18.1 Å². The average molecular weight is 525 g/mol. The quantitative estimate of drug-likeness (QED) is 0.179. The van der Waals surface area contributed by atoms with Crippen molar-refractivity contribution in [1.29, 1.82) is 0 Å². The molecular formula is C26H25BrN2O5. The van der Waals surface area contributed by atoms with E-state index in [0.29, 0.717) is 29.2 Å². The third kappa shape index (κ3) is 6.92. The van der Waals surface area contributed by atoms with Gasteiger partial charge in [0.1, 0.15) is 5.75 Å². The molecular weight excluding hydrogens is 500 g/mol. The molecule has 7 nitrogen and oxygen atoms in total. The Balaban J connectivity index is 1.60. The van der Waals surface area contributed by atoms with E-state index in [2.05, 4.69) is 26.5 Å². The fraction of sp³-hybridized carbons (Fsp3) is 0.192. The number of hydrazone groups is 1. The molecule has 0 atom stereocenters.